The molecule has 0 N–H and O–H groups in total. The van der Waals surface area contributed by atoms with Crippen molar-refractivity contribution in [1.82, 2.24) is 0 Å². The number of hydrogen-bond donors (Lipinski definition) is 0. The molecule has 0 spiro atoms. The number of esters is 1. The Balaban J connectivity index is 3.07. The van der Waals surface area contributed by atoms with Gasteiger partial charge >= 0.3 is 5.97 Å². The smallest absolute Gasteiger partial charge is 0.305 e. The molecule has 0 bridgehead atoms. The van der Waals surface area contributed by atoms with Gasteiger partial charge in [-0.2, -0.15) is 0 Å². The van der Waals surface area contributed by atoms with Gasteiger partial charge in [-0.3, -0.25) is 4.79 Å². The van der Waals surface area contributed by atoms with E-state index in [2.05, 4.69) is 13.5 Å². The van der Waals surface area contributed by atoms with Crippen molar-refractivity contribution in [1.29, 1.82) is 0 Å². The fourth-order valence-electron chi connectivity index (χ4n) is 2.69. The first-order valence-corrected chi connectivity index (χ1v) is 13.2. The van der Waals surface area contributed by atoms with Gasteiger partial charge in [0.25, 0.3) is 0 Å². The van der Waals surface area contributed by atoms with Crippen molar-refractivity contribution in [3.8, 4) is 0 Å². The highest BCUT2D eigenvalue weighted by atomic mass is 16.6. The fourth-order valence-corrected chi connectivity index (χ4v) is 2.69. The van der Waals surface area contributed by atoms with Crippen LogP contribution in [0, 0.1) is 0 Å². The Morgan fingerprint density at radius 2 is 0.889 bits per heavy atom. The van der Waals surface area contributed by atoms with Gasteiger partial charge in [-0.05, 0) is 6.42 Å². The minimum absolute atomic E-state index is 0.149. The van der Waals surface area contributed by atoms with Crippen molar-refractivity contribution >= 4 is 5.97 Å². The van der Waals surface area contributed by atoms with Crippen molar-refractivity contribution in [3.05, 3.63) is 12.7 Å². The molecule has 0 aromatic heterocycles. The van der Waals surface area contributed by atoms with Crippen LogP contribution in [-0.4, -0.2) is 118 Å². The summed E-state index contributed by atoms with van der Waals surface area (Å²) >= 11 is 0. The SMILES string of the molecule is C=CCOCCOCCOCCOCCOCCOCCOCCOCCOC(=O)CCCCCC. The molecule has 36 heavy (non-hydrogen) atoms. The average Bonchev–Trinajstić information content (AvgIpc) is 2.88. The van der Waals surface area contributed by atoms with Gasteiger partial charge in [0.2, 0.25) is 0 Å². The van der Waals surface area contributed by atoms with Gasteiger partial charge in [0, 0.05) is 6.42 Å². The van der Waals surface area contributed by atoms with Crippen LogP contribution in [0.5, 0.6) is 0 Å². The zero-order valence-electron chi connectivity index (χ0n) is 22.4. The van der Waals surface area contributed by atoms with E-state index in [4.69, 9.17) is 42.6 Å². The third-order valence-corrected chi connectivity index (χ3v) is 4.56. The number of carbonyl (C=O) groups excluding carboxylic acids is 1. The predicted octanol–water partition coefficient (Wildman–Crippen LogP) is 2.82. The largest absolute Gasteiger partial charge is 0.463 e. The van der Waals surface area contributed by atoms with E-state index in [0.29, 0.717) is 112 Å². The summed E-state index contributed by atoms with van der Waals surface area (Å²) in [4.78, 5) is 11.5. The van der Waals surface area contributed by atoms with Gasteiger partial charge in [0.15, 0.2) is 0 Å². The minimum Gasteiger partial charge on any atom is -0.463 e. The molecule has 0 fully saturated rings. The molecule has 0 saturated carbocycles. The second-order valence-electron chi connectivity index (χ2n) is 7.68. The summed E-state index contributed by atoms with van der Waals surface area (Å²) in [6.45, 7) is 14.1. The summed E-state index contributed by atoms with van der Waals surface area (Å²) in [5.41, 5.74) is 0. The quantitative estimate of drug-likeness (QED) is 0.0767. The van der Waals surface area contributed by atoms with Crippen LogP contribution in [0.3, 0.4) is 0 Å². The Kier molecular flexibility index (Phi) is 30.9. The highest BCUT2D eigenvalue weighted by Gasteiger charge is 2.02. The van der Waals surface area contributed by atoms with E-state index in [1.165, 1.54) is 0 Å². The number of unbranched alkanes of at least 4 members (excludes halogenated alkanes) is 3. The number of rotatable bonds is 31. The lowest BCUT2D eigenvalue weighted by atomic mass is 10.2. The van der Waals surface area contributed by atoms with Crippen LogP contribution in [0.1, 0.15) is 39.0 Å². The van der Waals surface area contributed by atoms with Crippen molar-refractivity contribution < 1.29 is 47.4 Å². The van der Waals surface area contributed by atoms with Gasteiger partial charge < -0.3 is 42.6 Å². The lowest BCUT2D eigenvalue weighted by Crippen LogP contribution is -2.15. The molecule has 214 valence electrons. The van der Waals surface area contributed by atoms with E-state index in [1.54, 1.807) is 6.08 Å². The Morgan fingerprint density at radius 3 is 1.25 bits per heavy atom. The number of ether oxygens (including phenoxy) is 9. The molecule has 0 aliphatic rings. The van der Waals surface area contributed by atoms with E-state index < -0.39 is 0 Å². The van der Waals surface area contributed by atoms with Gasteiger partial charge in [0.1, 0.15) is 6.61 Å². The summed E-state index contributed by atoms with van der Waals surface area (Å²) in [6, 6.07) is 0. The molecule has 0 radical (unpaired) electrons. The number of carbonyl (C=O) groups is 1. The molecule has 0 aromatic rings. The molecule has 10 nitrogen and oxygen atoms in total. The molecular weight excluding hydrogens is 472 g/mol. The lowest BCUT2D eigenvalue weighted by Gasteiger charge is -2.09. The van der Waals surface area contributed by atoms with Crippen LogP contribution in [0.2, 0.25) is 0 Å². The van der Waals surface area contributed by atoms with Crippen LogP contribution >= 0.6 is 0 Å². The highest BCUT2D eigenvalue weighted by molar-refractivity contribution is 5.69. The zero-order chi connectivity index (χ0) is 26.2. The van der Waals surface area contributed by atoms with Gasteiger partial charge in [0.05, 0.1) is 106 Å². The monoisotopic (exact) mass is 522 g/mol. The molecular formula is C26H50O10. The Hall–Kier alpha value is -1.11. The van der Waals surface area contributed by atoms with E-state index in [-0.39, 0.29) is 12.6 Å². The normalized spacial score (nSPS) is 11.1. The summed E-state index contributed by atoms with van der Waals surface area (Å²) in [7, 11) is 0. The number of hydrogen-bond acceptors (Lipinski definition) is 10. The van der Waals surface area contributed by atoms with Gasteiger partial charge in [-0.1, -0.05) is 32.3 Å². The third-order valence-electron chi connectivity index (χ3n) is 4.56. The first-order chi connectivity index (χ1) is 17.8. The standard InChI is InChI=1S/C26H50O10/c1-3-5-6-7-8-26(27)36-25-24-35-23-22-34-21-20-33-19-18-32-17-16-31-15-14-30-13-12-29-11-10-28-9-4-2/h4H,2-3,5-25H2,1H3. The molecule has 0 atom stereocenters. The zero-order valence-corrected chi connectivity index (χ0v) is 22.4. The molecule has 0 aliphatic carbocycles. The Bertz CT molecular complexity index is 450. The maximum atomic E-state index is 11.5. The molecule has 0 aromatic carbocycles. The first kappa shape index (κ1) is 34.9. The molecule has 0 aliphatic heterocycles. The van der Waals surface area contributed by atoms with E-state index >= 15 is 0 Å². The van der Waals surface area contributed by atoms with E-state index in [9.17, 15) is 4.79 Å². The Morgan fingerprint density at radius 1 is 0.528 bits per heavy atom. The molecule has 10 heteroatoms. The maximum absolute atomic E-state index is 11.5. The minimum atomic E-state index is -0.149. The highest BCUT2D eigenvalue weighted by Crippen LogP contribution is 2.03. The molecule has 0 amide bonds. The topological polar surface area (TPSA) is 100 Å². The van der Waals surface area contributed by atoms with Gasteiger partial charge in [-0.25, -0.2) is 0 Å². The Labute approximate surface area is 217 Å². The predicted molar refractivity (Wildman–Crippen MR) is 136 cm³/mol. The molecule has 0 rings (SSSR count). The first-order valence-electron chi connectivity index (χ1n) is 13.2. The van der Waals surface area contributed by atoms with E-state index in [1.807, 2.05) is 0 Å². The fraction of sp³-hybridized carbons (Fsp3) is 0.885. The van der Waals surface area contributed by atoms with Crippen LogP contribution in [-0.2, 0) is 47.4 Å². The molecule has 0 saturated heterocycles. The van der Waals surface area contributed by atoms with Crippen LogP contribution in [0.15, 0.2) is 12.7 Å². The van der Waals surface area contributed by atoms with Crippen LogP contribution in [0.25, 0.3) is 0 Å². The van der Waals surface area contributed by atoms with Crippen molar-refractivity contribution in [2.45, 2.75) is 39.0 Å². The molecule has 0 unspecified atom stereocenters. The van der Waals surface area contributed by atoms with Gasteiger partial charge in [-0.15, -0.1) is 6.58 Å². The second kappa shape index (κ2) is 31.9. The van der Waals surface area contributed by atoms with E-state index in [0.717, 1.165) is 25.7 Å². The maximum Gasteiger partial charge on any atom is 0.305 e. The summed E-state index contributed by atoms with van der Waals surface area (Å²) in [5, 5.41) is 0. The third kappa shape index (κ3) is 30.9. The van der Waals surface area contributed by atoms with Crippen molar-refractivity contribution in [2.24, 2.45) is 0 Å². The summed E-state index contributed by atoms with van der Waals surface area (Å²) < 4.78 is 48.2. The van der Waals surface area contributed by atoms with Crippen molar-refractivity contribution in [2.75, 3.05) is 112 Å². The van der Waals surface area contributed by atoms with Crippen LogP contribution < -0.4 is 0 Å². The molecule has 0 heterocycles. The lowest BCUT2D eigenvalue weighted by molar-refractivity contribution is -0.145. The van der Waals surface area contributed by atoms with Crippen LogP contribution in [0.4, 0.5) is 0 Å². The summed E-state index contributed by atoms with van der Waals surface area (Å²) in [6.07, 6.45) is 6.49. The summed E-state index contributed by atoms with van der Waals surface area (Å²) in [5.74, 6) is -0.149. The average molecular weight is 523 g/mol. The second-order valence-corrected chi connectivity index (χ2v) is 7.68. The van der Waals surface area contributed by atoms with Crippen molar-refractivity contribution in [3.63, 3.8) is 0 Å².